The van der Waals surface area contributed by atoms with Crippen molar-refractivity contribution >= 4 is 28.1 Å². The van der Waals surface area contributed by atoms with Crippen molar-refractivity contribution in [2.75, 3.05) is 7.11 Å². The van der Waals surface area contributed by atoms with Crippen molar-refractivity contribution in [2.45, 2.75) is 0 Å². The molecule has 0 aliphatic rings. The van der Waals surface area contributed by atoms with E-state index >= 15 is 0 Å². The standard InChI is InChI=1S/C10H7ClN2O3/c1-16-10-6-3-2-4-8(13(14)15)9(6)7(11)5-12-10/h2-5H,1H3. The Morgan fingerprint density at radius 2 is 2.25 bits per heavy atom. The van der Waals surface area contributed by atoms with Crippen LogP contribution in [0.3, 0.4) is 0 Å². The lowest BCUT2D eigenvalue weighted by Crippen LogP contribution is -1.94. The fourth-order valence-corrected chi connectivity index (χ4v) is 1.78. The Balaban J connectivity index is 2.91. The smallest absolute Gasteiger partial charge is 0.278 e. The number of hydrogen-bond donors (Lipinski definition) is 0. The molecule has 1 heterocycles. The highest BCUT2D eigenvalue weighted by Gasteiger charge is 2.17. The average Bonchev–Trinajstić information content (AvgIpc) is 2.29. The van der Waals surface area contributed by atoms with Crippen LogP contribution in [0.25, 0.3) is 10.8 Å². The third-order valence-corrected chi connectivity index (χ3v) is 2.48. The third-order valence-electron chi connectivity index (χ3n) is 2.20. The van der Waals surface area contributed by atoms with E-state index in [0.29, 0.717) is 16.7 Å². The molecule has 0 amide bonds. The maximum Gasteiger partial charge on any atom is 0.278 e. The number of nitro benzene ring substituents is 1. The zero-order valence-corrected chi connectivity index (χ0v) is 9.06. The molecule has 0 radical (unpaired) electrons. The molecular formula is C10H7ClN2O3. The highest BCUT2D eigenvalue weighted by atomic mass is 35.5. The van der Waals surface area contributed by atoms with Gasteiger partial charge < -0.3 is 4.74 Å². The fourth-order valence-electron chi connectivity index (χ4n) is 1.53. The lowest BCUT2D eigenvalue weighted by molar-refractivity contribution is -0.383. The Morgan fingerprint density at radius 1 is 1.50 bits per heavy atom. The van der Waals surface area contributed by atoms with Crippen molar-refractivity contribution in [3.63, 3.8) is 0 Å². The van der Waals surface area contributed by atoms with Crippen LogP contribution in [-0.4, -0.2) is 17.0 Å². The second kappa shape index (κ2) is 3.94. The van der Waals surface area contributed by atoms with E-state index in [1.54, 1.807) is 12.1 Å². The van der Waals surface area contributed by atoms with Crippen LogP contribution in [0.1, 0.15) is 0 Å². The first-order valence-electron chi connectivity index (χ1n) is 4.40. The normalized spacial score (nSPS) is 10.4. The number of fused-ring (bicyclic) bond motifs is 1. The Bertz CT molecular complexity index is 571. The number of benzene rings is 1. The number of rotatable bonds is 2. The summed E-state index contributed by atoms with van der Waals surface area (Å²) in [4.78, 5) is 14.3. The molecule has 0 bridgehead atoms. The van der Waals surface area contributed by atoms with Gasteiger partial charge in [0.1, 0.15) is 0 Å². The van der Waals surface area contributed by atoms with Gasteiger partial charge in [-0.3, -0.25) is 10.1 Å². The second-order valence-electron chi connectivity index (χ2n) is 3.07. The Kier molecular flexibility index (Phi) is 2.62. The molecule has 16 heavy (non-hydrogen) atoms. The van der Waals surface area contributed by atoms with Crippen LogP contribution >= 0.6 is 11.6 Å². The first-order valence-corrected chi connectivity index (χ1v) is 4.78. The SMILES string of the molecule is COc1ncc(Cl)c2c([N+](=O)[O-])cccc12. The van der Waals surface area contributed by atoms with Gasteiger partial charge >= 0.3 is 0 Å². The van der Waals surface area contributed by atoms with Gasteiger partial charge in [0, 0.05) is 6.07 Å². The lowest BCUT2D eigenvalue weighted by atomic mass is 10.1. The van der Waals surface area contributed by atoms with E-state index in [2.05, 4.69) is 4.98 Å². The van der Waals surface area contributed by atoms with E-state index in [1.807, 2.05) is 0 Å². The largest absolute Gasteiger partial charge is 0.481 e. The minimum Gasteiger partial charge on any atom is -0.481 e. The van der Waals surface area contributed by atoms with E-state index < -0.39 is 4.92 Å². The van der Waals surface area contributed by atoms with Gasteiger partial charge in [0.25, 0.3) is 5.69 Å². The number of nitro groups is 1. The van der Waals surface area contributed by atoms with Gasteiger partial charge in [0.15, 0.2) is 0 Å². The molecule has 2 aromatic rings. The highest BCUT2D eigenvalue weighted by molar-refractivity contribution is 6.36. The molecule has 2 rings (SSSR count). The molecule has 0 spiro atoms. The van der Waals surface area contributed by atoms with E-state index in [4.69, 9.17) is 16.3 Å². The van der Waals surface area contributed by atoms with Crippen molar-refractivity contribution in [2.24, 2.45) is 0 Å². The number of non-ortho nitro benzene ring substituents is 1. The molecule has 1 aromatic heterocycles. The number of methoxy groups -OCH3 is 1. The zero-order valence-electron chi connectivity index (χ0n) is 8.31. The molecule has 0 N–H and O–H groups in total. The predicted molar refractivity (Wildman–Crippen MR) is 60.0 cm³/mol. The predicted octanol–water partition coefficient (Wildman–Crippen LogP) is 2.81. The van der Waals surface area contributed by atoms with Gasteiger partial charge in [-0.05, 0) is 6.07 Å². The van der Waals surface area contributed by atoms with Crippen molar-refractivity contribution < 1.29 is 9.66 Å². The maximum atomic E-state index is 10.9. The number of pyridine rings is 1. The molecule has 5 nitrogen and oxygen atoms in total. The first-order chi connectivity index (χ1) is 7.65. The molecule has 0 aliphatic heterocycles. The van der Waals surface area contributed by atoms with E-state index in [9.17, 15) is 10.1 Å². The minimum atomic E-state index is -0.479. The van der Waals surface area contributed by atoms with E-state index in [0.717, 1.165) is 0 Å². The van der Waals surface area contributed by atoms with Crippen LogP contribution in [0.15, 0.2) is 24.4 Å². The quantitative estimate of drug-likeness (QED) is 0.596. The Hall–Kier alpha value is -1.88. The highest BCUT2D eigenvalue weighted by Crippen LogP contribution is 2.35. The van der Waals surface area contributed by atoms with Gasteiger partial charge in [-0.2, -0.15) is 0 Å². The summed E-state index contributed by atoms with van der Waals surface area (Å²) in [5, 5.41) is 12.0. The molecule has 0 aliphatic carbocycles. The van der Waals surface area contributed by atoms with Crippen LogP contribution in [-0.2, 0) is 0 Å². The molecular weight excluding hydrogens is 232 g/mol. The third kappa shape index (κ3) is 1.55. The van der Waals surface area contributed by atoms with Crippen LogP contribution in [0, 0.1) is 10.1 Å². The van der Waals surface area contributed by atoms with Gasteiger partial charge in [-0.25, -0.2) is 4.98 Å². The van der Waals surface area contributed by atoms with Crippen molar-refractivity contribution in [1.29, 1.82) is 0 Å². The van der Waals surface area contributed by atoms with E-state index in [-0.39, 0.29) is 10.7 Å². The van der Waals surface area contributed by atoms with Crippen LogP contribution < -0.4 is 4.74 Å². The topological polar surface area (TPSA) is 65.3 Å². The molecule has 0 saturated heterocycles. The fraction of sp³-hybridized carbons (Fsp3) is 0.100. The van der Waals surface area contributed by atoms with Gasteiger partial charge in [-0.1, -0.05) is 17.7 Å². The summed E-state index contributed by atoms with van der Waals surface area (Å²) in [6, 6.07) is 4.65. The summed E-state index contributed by atoms with van der Waals surface area (Å²) in [5.41, 5.74) is -0.0526. The number of nitrogens with zero attached hydrogens (tertiary/aromatic N) is 2. The summed E-state index contributed by atoms with van der Waals surface area (Å²) in [5.74, 6) is 0.322. The van der Waals surface area contributed by atoms with Gasteiger partial charge in [0.05, 0.1) is 34.0 Å². The zero-order chi connectivity index (χ0) is 11.7. The molecule has 1 aromatic carbocycles. The maximum absolute atomic E-state index is 10.9. The molecule has 0 fully saturated rings. The number of aromatic nitrogens is 1. The molecule has 0 saturated carbocycles. The Morgan fingerprint density at radius 3 is 2.88 bits per heavy atom. The average molecular weight is 239 g/mol. The minimum absolute atomic E-state index is 0.0526. The summed E-state index contributed by atoms with van der Waals surface area (Å²) < 4.78 is 5.02. The second-order valence-corrected chi connectivity index (χ2v) is 3.48. The number of hydrogen-bond acceptors (Lipinski definition) is 4. The summed E-state index contributed by atoms with van der Waals surface area (Å²) in [7, 11) is 1.45. The number of ether oxygens (including phenoxy) is 1. The van der Waals surface area contributed by atoms with Crippen LogP contribution in [0.4, 0.5) is 5.69 Å². The lowest BCUT2D eigenvalue weighted by Gasteiger charge is -2.05. The van der Waals surface area contributed by atoms with Gasteiger partial charge in [0.2, 0.25) is 5.88 Å². The summed E-state index contributed by atoms with van der Waals surface area (Å²) in [6.07, 6.45) is 1.34. The monoisotopic (exact) mass is 238 g/mol. The molecule has 0 atom stereocenters. The summed E-state index contributed by atoms with van der Waals surface area (Å²) in [6.45, 7) is 0. The first kappa shape index (κ1) is 10.6. The van der Waals surface area contributed by atoms with Gasteiger partial charge in [-0.15, -0.1) is 0 Å². The van der Waals surface area contributed by atoms with E-state index in [1.165, 1.54) is 19.4 Å². The van der Waals surface area contributed by atoms with Crippen molar-refractivity contribution in [1.82, 2.24) is 4.98 Å². The van der Waals surface area contributed by atoms with Crippen molar-refractivity contribution in [3.8, 4) is 5.88 Å². The summed E-state index contributed by atoms with van der Waals surface area (Å²) >= 11 is 5.91. The van der Waals surface area contributed by atoms with Crippen molar-refractivity contribution in [3.05, 3.63) is 39.5 Å². The Labute approximate surface area is 95.8 Å². The molecule has 0 unspecified atom stereocenters. The molecule has 82 valence electrons. The number of halogens is 1. The molecule has 6 heteroatoms. The van der Waals surface area contributed by atoms with Crippen LogP contribution in [0.5, 0.6) is 5.88 Å². The van der Waals surface area contributed by atoms with Crippen LogP contribution in [0.2, 0.25) is 5.02 Å².